The van der Waals surface area contributed by atoms with E-state index in [-0.39, 0.29) is 5.97 Å². The number of carbonyl (C=O) groups is 1. The largest absolute Gasteiger partial charge is 0.466 e. The molecule has 0 atom stereocenters. The molecule has 0 aliphatic carbocycles. The number of esters is 1. The Morgan fingerprint density at radius 1 is 0.944 bits per heavy atom. The van der Waals surface area contributed by atoms with Crippen LogP contribution < -0.4 is 0 Å². The van der Waals surface area contributed by atoms with E-state index >= 15 is 0 Å². The van der Waals surface area contributed by atoms with E-state index in [1.54, 1.807) is 0 Å². The highest BCUT2D eigenvalue weighted by molar-refractivity contribution is 5.65. The van der Waals surface area contributed by atoms with Crippen LogP contribution in [0.25, 0.3) is 0 Å². The topological polar surface area (TPSA) is 26.3 Å². The van der Waals surface area contributed by atoms with Crippen molar-refractivity contribution in [1.29, 1.82) is 0 Å². The molecule has 0 aliphatic rings. The van der Waals surface area contributed by atoms with E-state index in [4.69, 9.17) is 4.74 Å². The zero-order valence-electron chi connectivity index (χ0n) is 12.0. The number of hydrogen-bond donors (Lipinski definition) is 0. The highest BCUT2D eigenvalue weighted by Crippen LogP contribution is 2.06. The Balaban J connectivity index is 3.13. The highest BCUT2D eigenvalue weighted by Gasteiger charge is 1.93. The van der Waals surface area contributed by atoms with Gasteiger partial charge in [-0.1, -0.05) is 56.9 Å². The summed E-state index contributed by atoms with van der Waals surface area (Å²) in [6, 6.07) is 0. The molecular formula is C16H28O2. The van der Waals surface area contributed by atoms with Crippen LogP contribution in [0.15, 0.2) is 24.3 Å². The summed E-state index contributed by atoms with van der Waals surface area (Å²) in [6.45, 7) is 4.23. The lowest BCUT2D eigenvalue weighted by atomic mass is 10.1. The molecule has 104 valence electrons. The number of hydrogen-bond acceptors (Lipinski definition) is 2. The van der Waals surface area contributed by atoms with Crippen LogP contribution in [0.5, 0.6) is 0 Å². The Bertz CT molecular complexity index is 241. The number of rotatable bonds is 11. The van der Waals surface area contributed by atoms with Crippen molar-refractivity contribution in [1.82, 2.24) is 0 Å². The average molecular weight is 252 g/mol. The summed E-state index contributed by atoms with van der Waals surface area (Å²) >= 11 is 0. The fourth-order valence-electron chi connectivity index (χ4n) is 1.63. The summed E-state index contributed by atoms with van der Waals surface area (Å²) < 4.78 is 4.88. The first-order chi connectivity index (χ1) is 8.77. The van der Waals surface area contributed by atoms with Crippen molar-refractivity contribution in [2.24, 2.45) is 0 Å². The van der Waals surface area contributed by atoms with Gasteiger partial charge in [-0.25, -0.2) is 0 Å². The predicted molar refractivity (Wildman–Crippen MR) is 77.5 cm³/mol. The Morgan fingerprint density at radius 2 is 1.56 bits per heavy atom. The molecule has 0 saturated heterocycles. The Hall–Kier alpha value is -1.05. The van der Waals surface area contributed by atoms with Crippen LogP contribution in [-0.4, -0.2) is 12.6 Å². The molecule has 0 bridgehead atoms. The van der Waals surface area contributed by atoms with Crippen LogP contribution in [0.3, 0.4) is 0 Å². The first-order valence-corrected chi connectivity index (χ1v) is 7.22. The molecule has 0 rings (SSSR count). The quantitative estimate of drug-likeness (QED) is 0.300. The van der Waals surface area contributed by atoms with Crippen molar-refractivity contribution in [2.45, 2.75) is 65.2 Å². The molecule has 0 saturated carbocycles. The number of carbonyl (C=O) groups excluding carboxylic acids is 1. The third-order valence-electron chi connectivity index (χ3n) is 2.66. The minimum absolute atomic E-state index is 0.170. The van der Waals surface area contributed by atoms with Crippen LogP contribution in [-0.2, 0) is 9.53 Å². The molecule has 2 heteroatoms. The van der Waals surface area contributed by atoms with Gasteiger partial charge in [0.2, 0.25) is 0 Å². The third kappa shape index (κ3) is 14.9. The SMILES string of the molecule is CCC/C=C\C=C/CCCCCCCOC(C)=O. The summed E-state index contributed by atoms with van der Waals surface area (Å²) in [5, 5.41) is 0. The van der Waals surface area contributed by atoms with Crippen molar-refractivity contribution >= 4 is 5.97 Å². The lowest BCUT2D eigenvalue weighted by Gasteiger charge is -2.01. The molecule has 2 nitrogen and oxygen atoms in total. The fourth-order valence-corrected chi connectivity index (χ4v) is 1.63. The molecular weight excluding hydrogens is 224 g/mol. The Labute approximate surface area is 112 Å². The van der Waals surface area contributed by atoms with Crippen LogP contribution in [0.1, 0.15) is 65.2 Å². The maximum Gasteiger partial charge on any atom is 0.302 e. The second-order valence-corrected chi connectivity index (χ2v) is 4.54. The van der Waals surface area contributed by atoms with Crippen LogP contribution in [0.2, 0.25) is 0 Å². The maximum atomic E-state index is 10.5. The molecule has 0 amide bonds. The maximum absolute atomic E-state index is 10.5. The van der Waals surface area contributed by atoms with E-state index in [0.717, 1.165) is 12.8 Å². The molecule has 0 heterocycles. The summed E-state index contributed by atoms with van der Waals surface area (Å²) in [5.74, 6) is -0.170. The molecule has 18 heavy (non-hydrogen) atoms. The second kappa shape index (κ2) is 14.0. The Kier molecular flexibility index (Phi) is 13.2. The molecule has 0 aliphatic heterocycles. The van der Waals surface area contributed by atoms with Gasteiger partial charge in [-0.3, -0.25) is 4.79 Å². The monoisotopic (exact) mass is 252 g/mol. The molecule has 0 aromatic carbocycles. The molecule has 0 unspecified atom stereocenters. The van der Waals surface area contributed by atoms with E-state index in [1.165, 1.54) is 45.4 Å². The highest BCUT2D eigenvalue weighted by atomic mass is 16.5. The second-order valence-electron chi connectivity index (χ2n) is 4.54. The van der Waals surface area contributed by atoms with Crippen molar-refractivity contribution in [2.75, 3.05) is 6.61 Å². The van der Waals surface area contributed by atoms with Crippen molar-refractivity contribution in [3.8, 4) is 0 Å². The zero-order valence-corrected chi connectivity index (χ0v) is 12.0. The standard InChI is InChI=1S/C16H28O2/c1-3-4-5-6-7-8-9-10-11-12-13-14-15-18-16(2)17/h5-8H,3-4,9-15H2,1-2H3/b6-5-,8-7-. The van der Waals surface area contributed by atoms with Gasteiger partial charge in [-0.05, 0) is 25.7 Å². The number of allylic oxidation sites excluding steroid dienone is 4. The van der Waals surface area contributed by atoms with Crippen molar-refractivity contribution in [3.63, 3.8) is 0 Å². The average Bonchev–Trinajstić information content (AvgIpc) is 2.34. The first-order valence-electron chi connectivity index (χ1n) is 7.22. The summed E-state index contributed by atoms with van der Waals surface area (Å²) in [6.07, 6.45) is 18.2. The zero-order chi connectivity index (χ0) is 13.5. The van der Waals surface area contributed by atoms with Crippen molar-refractivity contribution in [3.05, 3.63) is 24.3 Å². The lowest BCUT2D eigenvalue weighted by Crippen LogP contribution is -1.99. The van der Waals surface area contributed by atoms with E-state index in [1.807, 2.05) is 0 Å². The first kappa shape index (κ1) is 16.9. The van der Waals surface area contributed by atoms with Crippen molar-refractivity contribution < 1.29 is 9.53 Å². The van der Waals surface area contributed by atoms with Crippen LogP contribution in [0, 0.1) is 0 Å². The Morgan fingerprint density at radius 3 is 2.22 bits per heavy atom. The van der Waals surface area contributed by atoms with E-state index < -0.39 is 0 Å². The number of ether oxygens (including phenoxy) is 1. The van der Waals surface area contributed by atoms with Crippen LogP contribution in [0.4, 0.5) is 0 Å². The minimum atomic E-state index is -0.170. The number of unbranched alkanes of at least 4 members (excludes halogenated alkanes) is 6. The molecule has 0 spiro atoms. The molecule has 0 N–H and O–H groups in total. The minimum Gasteiger partial charge on any atom is -0.466 e. The van der Waals surface area contributed by atoms with Gasteiger partial charge in [-0.15, -0.1) is 0 Å². The smallest absolute Gasteiger partial charge is 0.302 e. The van der Waals surface area contributed by atoms with Gasteiger partial charge in [0.1, 0.15) is 0 Å². The van der Waals surface area contributed by atoms with E-state index in [0.29, 0.717) is 6.61 Å². The van der Waals surface area contributed by atoms with Gasteiger partial charge in [0.25, 0.3) is 0 Å². The summed E-state index contributed by atoms with van der Waals surface area (Å²) in [5.41, 5.74) is 0. The normalized spacial score (nSPS) is 11.4. The van der Waals surface area contributed by atoms with Crippen LogP contribution >= 0.6 is 0 Å². The summed E-state index contributed by atoms with van der Waals surface area (Å²) in [4.78, 5) is 10.5. The molecule has 0 aromatic rings. The van der Waals surface area contributed by atoms with Gasteiger partial charge in [0.15, 0.2) is 0 Å². The van der Waals surface area contributed by atoms with E-state index in [9.17, 15) is 4.79 Å². The molecule has 0 radical (unpaired) electrons. The molecule has 0 fully saturated rings. The van der Waals surface area contributed by atoms with Gasteiger partial charge < -0.3 is 4.74 Å². The van der Waals surface area contributed by atoms with Gasteiger partial charge in [-0.2, -0.15) is 0 Å². The van der Waals surface area contributed by atoms with Gasteiger partial charge in [0.05, 0.1) is 6.61 Å². The third-order valence-corrected chi connectivity index (χ3v) is 2.66. The molecule has 0 aromatic heterocycles. The van der Waals surface area contributed by atoms with Gasteiger partial charge >= 0.3 is 5.97 Å². The van der Waals surface area contributed by atoms with Gasteiger partial charge in [0, 0.05) is 6.92 Å². The predicted octanol–water partition coefficient (Wildman–Crippen LogP) is 4.80. The summed E-state index contributed by atoms with van der Waals surface area (Å²) in [7, 11) is 0. The lowest BCUT2D eigenvalue weighted by molar-refractivity contribution is -0.141. The van der Waals surface area contributed by atoms with E-state index in [2.05, 4.69) is 31.2 Å². The fraction of sp³-hybridized carbons (Fsp3) is 0.688.